The SMILES string of the molecule is O=C(O)c1ccc2c(C(=Nc3ccc4c(c3)CN(C(=O)CN3CCOCC3)C4)c3ccccc3)c(O)[nH]c2c1. The van der Waals surface area contributed by atoms with Crippen LogP contribution in [0.2, 0.25) is 0 Å². The molecule has 0 unspecified atom stereocenters. The van der Waals surface area contributed by atoms with Crippen LogP contribution in [0.4, 0.5) is 5.69 Å². The number of H-pyrrole nitrogens is 1. The van der Waals surface area contributed by atoms with E-state index in [1.165, 1.54) is 12.1 Å². The maximum atomic E-state index is 13.0. The summed E-state index contributed by atoms with van der Waals surface area (Å²) in [6.45, 7) is 4.35. The minimum atomic E-state index is -1.04. The molecule has 4 aromatic rings. The predicted octanol–water partition coefficient (Wildman–Crippen LogP) is 3.92. The Morgan fingerprint density at radius 3 is 2.46 bits per heavy atom. The van der Waals surface area contributed by atoms with Gasteiger partial charge in [0.25, 0.3) is 0 Å². The van der Waals surface area contributed by atoms with Crippen molar-refractivity contribution in [2.75, 3.05) is 32.8 Å². The number of fused-ring (bicyclic) bond motifs is 2. The Morgan fingerprint density at radius 2 is 1.69 bits per heavy atom. The lowest BCUT2D eigenvalue weighted by Crippen LogP contribution is -2.43. The molecular formula is C30H28N4O5. The Hall–Kier alpha value is -4.47. The number of rotatable bonds is 6. The number of carboxylic acid groups (broad SMARTS) is 1. The lowest BCUT2D eigenvalue weighted by atomic mass is 10.00. The highest BCUT2D eigenvalue weighted by molar-refractivity contribution is 6.22. The molecule has 3 heterocycles. The molecule has 1 aromatic heterocycles. The molecule has 1 saturated heterocycles. The standard InChI is InChI=1S/C30H28N4O5/c35-26(18-33-10-12-39-13-11-33)34-16-21-6-8-23(14-22(21)17-34)31-28(19-4-2-1-3-5-19)27-24-9-7-20(30(37)38)15-25(24)32-29(27)36/h1-9,14-15,32,36H,10-13,16-18H2,(H,37,38). The van der Waals surface area contributed by atoms with Gasteiger partial charge in [0.1, 0.15) is 0 Å². The van der Waals surface area contributed by atoms with Crippen LogP contribution in [0, 0.1) is 0 Å². The summed E-state index contributed by atoms with van der Waals surface area (Å²) in [6, 6.07) is 20.2. The molecule has 0 radical (unpaired) electrons. The maximum Gasteiger partial charge on any atom is 0.335 e. The Labute approximate surface area is 225 Å². The minimum Gasteiger partial charge on any atom is -0.494 e. The first kappa shape index (κ1) is 24.8. The molecule has 0 bridgehead atoms. The second-order valence-electron chi connectivity index (χ2n) is 9.83. The number of hydrogen-bond donors (Lipinski definition) is 3. The fraction of sp³-hybridized carbons (Fsp3) is 0.233. The van der Waals surface area contributed by atoms with Crippen molar-refractivity contribution in [3.05, 3.63) is 94.5 Å². The van der Waals surface area contributed by atoms with Crippen molar-refractivity contribution in [3.63, 3.8) is 0 Å². The second kappa shape index (κ2) is 10.4. The van der Waals surface area contributed by atoms with E-state index in [2.05, 4.69) is 9.88 Å². The number of carbonyl (C=O) groups excluding carboxylic acids is 1. The number of aromatic nitrogens is 1. The number of aromatic carboxylic acids is 1. The molecule has 6 rings (SSSR count). The first-order chi connectivity index (χ1) is 19.0. The van der Waals surface area contributed by atoms with Crippen molar-refractivity contribution >= 4 is 34.2 Å². The molecule has 1 fully saturated rings. The van der Waals surface area contributed by atoms with E-state index in [-0.39, 0.29) is 17.4 Å². The number of aromatic amines is 1. The Kier molecular flexibility index (Phi) is 6.60. The van der Waals surface area contributed by atoms with Crippen LogP contribution in [0.1, 0.15) is 32.6 Å². The zero-order valence-electron chi connectivity index (χ0n) is 21.3. The Bertz CT molecular complexity index is 1590. The molecule has 3 N–H and O–H groups in total. The highest BCUT2D eigenvalue weighted by atomic mass is 16.5. The van der Waals surface area contributed by atoms with Crippen molar-refractivity contribution < 1.29 is 24.5 Å². The van der Waals surface area contributed by atoms with Gasteiger partial charge in [-0.2, -0.15) is 0 Å². The lowest BCUT2D eigenvalue weighted by Gasteiger charge is -2.27. The summed E-state index contributed by atoms with van der Waals surface area (Å²) in [6.07, 6.45) is 0. The number of benzene rings is 3. The largest absolute Gasteiger partial charge is 0.494 e. The van der Waals surface area contributed by atoms with Gasteiger partial charge in [-0.3, -0.25) is 9.69 Å². The molecule has 198 valence electrons. The van der Waals surface area contributed by atoms with Crippen molar-refractivity contribution in [2.45, 2.75) is 13.1 Å². The molecule has 2 aliphatic heterocycles. The Balaban J connectivity index is 1.33. The van der Waals surface area contributed by atoms with Crippen LogP contribution in [0.3, 0.4) is 0 Å². The molecule has 0 atom stereocenters. The lowest BCUT2D eigenvalue weighted by molar-refractivity contribution is -0.134. The fourth-order valence-electron chi connectivity index (χ4n) is 5.22. The molecule has 0 aliphatic carbocycles. The van der Waals surface area contributed by atoms with Gasteiger partial charge in [-0.25, -0.2) is 9.79 Å². The van der Waals surface area contributed by atoms with Crippen LogP contribution < -0.4 is 0 Å². The highest BCUT2D eigenvalue weighted by Gasteiger charge is 2.26. The van der Waals surface area contributed by atoms with Gasteiger partial charge in [-0.15, -0.1) is 0 Å². The van der Waals surface area contributed by atoms with E-state index < -0.39 is 5.97 Å². The third-order valence-corrected chi connectivity index (χ3v) is 7.28. The van der Waals surface area contributed by atoms with Crippen LogP contribution in [-0.2, 0) is 22.6 Å². The van der Waals surface area contributed by atoms with Gasteiger partial charge in [0.05, 0.1) is 42.3 Å². The van der Waals surface area contributed by atoms with Crippen LogP contribution in [0.25, 0.3) is 10.9 Å². The number of aromatic hydroxyl groups is 1. The number of hydrogen-bond acceptors (Lipinski definition) is 6. The zero-order chi connectivity index (χ0) is 26.9. The number of amides is 1. The van der Waals surface area contributed by atoms with Crippen molar-refractivity contribution in [2.24, 2.45) is 4.99 Å². The number of nitrogens with one attached hydrogen (secondary N) is 1. The third kappa shape index (κ3) is 5.01. The molecule has 2 aliphatic rings. The summed E-state index contributed by atoms with van der Waals surface area (Å²) < 4.78 is 5.39. The number of morpholine rings is 1. The minimum absolute atomic E-state index is 0.0869. The molecular weight excluding hydrogens is 496 g/mol. The van der Waals surface area contributed by atoms with Crippen LogP contribution in [-0.4, -0.2) is 75.4 Å². The normalized spacial score (nSPS) is 16.0. The van der Waals surface area contributed by atoms with Gasteiger partial charge in [0.15, 0.2) is 5.88 Å². The summed E-state index contributed by atoms with van der Waals surface area (Å²) in [5.74, 6) is -1.02. The summed E-state index contributed by atoms with van der Waals surface area (Å²) >= 11 is 0. The number of ether oxygens (including phenoxy) is 1. The topological polar surface area (TPSA) is 118 Å². The van der Waals surface area contributed by atoms with E-state index in [1.54, 1.807) is 6.07 Å². The molecule has 3 aromatic carbocycles. The summed E-state index contributed by atoms with van der Waals surface area (Å²) in [5, 5.41) is 21.0. The average Bonchev–Trinajstić information content (AvgIpc) is 3.52. The molecule has 0 saturated carbocycles. The molecule has 1 amide bonds. The number of carboxylic acids is 1. The van der Waals surface area contributed by atoms with Gasteiger partial charge >= 0.3 is 5.97 Å². The molecule has 0 spiro atoms. The second-order valence-corrected chi connectivity index (χ2v) is 9.83. The van der Waals surface area contributed by atoms with Crippen LogP contribution >= 0.6 is 0 Å². The van der Waals surface area contributed by atoms with Gasteiger partial charge in [-0.05, 0) is 35.4 Å². The van der Waals surface area contributed by atoms with Crippen molar-refractivity contribution in [1.29, 1.82) is 0 Å². The van der Waals surface area contributed by atoms with Gasteiger partial charge in [-0.1, -0.05) is 42.5 Å². The highest BCUT2D eigenvalue weighted by Crippen LogP contribution is 2.33. The van der Waals surface area contributed by atoms with Crippen LogP contribution in [0.15, 0.2) is 71.7 Å². The predicted molar refractivity (Wildman–Crippen MR) is 147 cm³/mol. The van der Waals surface area contributed by atoms with Gasteiger partial charge in [0, 0.05) is 42.6 Å². The fourth-order valence-corrected chi connectivity index (χ4v) is 5.22. The van der Waals surface area contributed by atoms with Gasteiger partial charge < -0.3 is 24.8 Å². The van der Waals surface area contributed by atoms with Crippen molar-refractivity contribution in [3.8, 4) is 5.88 Å². The van der Waals surface area contributed by atoms with E-state index in [1.807, 2.05) is 53.4 Å². The first-order valence-corrected chi connectivity index (χ1v) is 12.9. The number of carbonyl (C=O) groups is 2. The molecule has 9 heteroatoms. The zero-order valence-corrected chi connectivity index (χ0v) is 21.3. The summed E-state index contributed by atoms with van der Waals surface area (Å²) in [7, 11) is 0. The van der Waals surface area contributed by atoms with E-state index >= 15 is 0 Å². The molecule has 9 nitrogen and oxygen atoms in total. The van der Waals surface area contributed by atoms with E-state index in [4.69, 9.17) is 9.73 Å². The third-order valence-electron chi connectivity index (χ3n) is 7.28. The first-order valence-electron chi connectivity index (χ1n) is 12.9. The quantitative estimate of drug-likeness (QED) is 0.329. The summed E-state index contributed by atoms with van der Waals surface area (Å²) in [4.78, 5) is 36.3. The van der Waals surface area contributed by atoms with Crippen molar-refractivity contribution in [1.82, 2.24) is 14.8 Å². The maximum absolute atomic E-state index is 13.0. The smallest absolute Gasteiger partial charge is 0.335 e. The number of nitrogens with zero attached hydrogens (tertiary/aromatic N) is 3. The van der Waals surface area contributed by atoms with Crippen LogP contribution in [0.5, 0.6) is 5.88 Å². The van der Waals surface area contributed by atoms with E-state index in [9.17, 15) is 19.8 Å². The van der Waals surface area contributed by atoms with E-state index in [0.717, 1.165) is 29.8 Å². The summed E-state index contributed by atoms with van der Waals surface area (Å²) in [5.41, 5.74) is 5.34. The number of aliphatic imine (C=N–C) groups is 1. The van der Waals surface area contributed by atoms with Gasteiger partial charge in [0.2, 0.25) is 5.91 Å². The average molecular weight is 525 g/mol. The molecule has 39 heavy (non-hydrogen) atoms. The van der Waals surface area contributed by atoms with E-state index in [0.29, 0.717) is 60.7 Å². The Morgan fingerprint density at radius 1 is 0.923 bits per heavy atom. The monoisotopic (exact) mass is 524 g/mol.